The first-order chi connectivity index (χ1) is 24.8. The lowest BCUT2D eigenvalue weighted by atomic mass is 9.81. The lowest BCUT2D eigenvalue weighted by molar-refractivity contribution is -0.138. The van der Waals surface area contributed by atoms with Crippen molar-refractivity contribution in [2.24, 2.45) is 0 Å². The first kappa shape index (κ1) is 37.2. The van der Waals surface area contributed by atoms with Crippen molar-refractivity contribution in [3.63, 3.8) is 0 Å². The molecule has 0 N–H and O–H groups in total. The number of rotatable bonds is 20. The Morgan fingerprint density at radius 3 is 1.24 bits per heavy atom. The van der Waals surface area contributed by atoms with Gasteiger partial charge in [0.15, 0.2) is 0 Å². The maximum Gasteiger partial charge on any atom is 0.330 e. The van der Waals surface area contributed by atoms with E-state index in [2.05, 4.69) is 112 Å². The average molecular weight is 687 g/mol. The third-order valence-electron chi connectivity index (χ3n) is 9.49. The van der Waals surface area contributed by atoms with Gasteiger partial charge in [-0.2, -0.15) is 0 Å². The molecule has 6 heteroatoms. The summed E-state index contributed by atoms with van der Waals surface area (Å²) in [5, 5.41) is 0. The van der Waals surface area contributed by atoms with Gasteiger partial charge in [-0.1, -0.05) is 75.5 Å². The summed E-state index contributed by atoms with van der Waals surface area (Å²) in [5.74, 6) is 1.02. The summed E-state index contributed by atoms with van der Waals surface area (Å²) < 4.78 is 22.0. The zero-order valence-electron chi connectivity index (χ0n) is 30.1. The van der Waals surface area contributed by atoms with Gasteiger partial charge in [0, 0.05) is 17.6 Å². The minimum Gasteiger partial charge on any atom is -0.494 e. The predicted octanol–water partition coefficient (Wildman–Crippen LogP) is 10.7. The average Bonchev–Trinajstić information content (AvgIpc) is 3.38. The van der Waals surface area contributed by atoms with Gasteiger partial charge in [0.05, 0.1) is 26.4 Å². The van der Waals surface area contributed by atoms with Crippen molar-refractivity contribution in [3.8, 4) is 44.9 Å². The van der Waals surface area contributed by atoms with Gasteiger partial charge < -0.3 is 18.9 Å². The van der Waals surface area contributed by atoms with Crippen LogP contribution in [0.25, 0.3) is 33.4 Å². The van der Waals surface area contributed by atoms with Crippen LogP contribution in [-0.2, 0) is 24.5 Å². The van der Waals surface area contributed by atoms with Crippen LogP contribution >= 0.6 is 0 Å². The van der Waals surface area contributed by atoms with Crippen LogP contribution in [0.2, 0.25) is 0 Å². The summed E-state index contributed by atoms with van der Waals surface area (Å²) in [7, 11) is 0. The molecule has 0 saturated heterocycles. The van der Waals surface area contributed by atoms with Crippen molar-refractivity contribution in [2.75, 3.05) is 26.4 Å². The van der Waals surface area contributed by atoms with E-state index < -0.39 is 0 Å². The molecule has 1 aliphatic carbocycles. The monoisotopic (exact) mass is 686 g/mol. The van der Waals surface area contributed by atoms with Crippen molar-refractivity contribution < 1.29 is 28.5 Å². The van der Waals surface area contributed by atoms with E-state index in [9.17, 15) is 9.59 Å². The maximum atomic E-state index is 11.1. The highest BCUT2D eigenvalue weighted by Crippen LogP contribution is 2.50. The predicted molar refractivity (Wildman–Crippen MR) is 205 cm³/mol. The first-order valence-corrected chi connectivity index (χ1v) is 18.1. The van der Waals surface area contributed by atoms with E-state index in [1.807, 2.05) is 0 Å². The van der Waals surface area contributed by atoms with Gasteiger partial charge in [-0.25, -0.2) is 9.59 Å². The molecule has 0 fully saturated rings. The third kappa shape index (κ3) is 10.0. The van der Waals surface area contributed by atoms with Crippen molar-refractivity contribution in [1.29, 1.82) is 0 Å². The van der Waals surface area contributed by atoms with Gasteiger partial charge in [0.1, 0.15) is 11.5 Å². The largest absolute Gasteiger partial charge is 0.494 e. The second kappa shape index (κ2) is 18.2. The number of hydrogen-bond donors (Lipinski definition) is 0. The van der Waals surface area contributed by atoms with Crippen LogP contribution in [0, 0.1) is 0 Å². The number of fused-ring (bicyclic) bond motifs is 3. The summed E-state index contributed by atoms with van der Waals surface area (Å²) in [5.41, 5.74) is 9.87. The van der Waals surface area contributed by atoms with Crippen LogP contribution in [0.5, 0.6) is 11.5 Å². The molecule has 0 bridgehead atoms. The third-order valence-corrected chi connectivity index (χ3v) is 9.49. The molecule has 0 spiro atoms. The van der Waals surface area contributed by atoms with E-state index in [0.29, 0.717) is 26.4 Å². The fourth-order valence-electron chi connectivity index (χ4n) is 6.54. The number of carbonyl (C=O) groups excluding carboxylic acids is 2. The van der Waals surface area contributed by atoms with Gasteiger partial charge in [0.2, 0.25) is 0 Å². The molecule has 0 heterocycles. The quantitative estimate of drug-likeness (QED) is 0.0524. The zero-order valence-corrected chi connectivity index (χ0v) is 30.1. The molecule has 0 amide bonds. The molecule has 6 nitrogen and oxygen atoms in total. The van der Waals surface area contributed by atoms with E-state index >= 15 is 0 Å². The fourth-order valence-corrected chi connectivity index (χ4v) is 6.54. The lowest BCUT2D eigenvalue weighted by Gasteiger charge is -2.22. The minimum atomic E-state index is -0.363. The van der Waals surface area contributed by atoms with Crippen LogP contribution in [0.15, 0.2) is 110 Å². The Bertz CT molecular complexity index is 1650. The minimum absolute atomic E-state index is 0.136. The molecular formula is C45H50O6. The molecular weight excluding hydrogens is 636 g/mol. The maximum absolute atomic E-state index is 11.1. The van der Waals surface area contributed by atoms with Crippen molar-refractivity contribution >= 4 is 11.9 Å². The van der Waals surface area contributed by atoms with Gasteiger partial charge in [0.25, 0.3) is 0 Å². The van der Waals surface area contributed by atoms with Crippen LogP contribution in [-0.4, -0.2) is 38.4 Å². The molecule has 4 aromatic rings. The van der Waals surface area contributed by atoms with E-state index in [0.717, 1.165) is 62.9 Å². The van der Waals surface area contributed by atoms with Crippen LogP contribution in [0.1, 0.15) is 76.3 Å². The number of benzene rings is 4. The summed E-state index contributed by atoms with van der Waals surface area (Å²) >= 11 is 0. The van der Waals surface area contributed by atoms with Crippen molar-refractivity contribution in [3.05, 3.63) is 121 Å². The molecule has 1 aliphatic rings. The lowest BCUT2D eigenvalue weighted by Crippen LogP contribution is -2.15. The Labute approximate surface area is 303 Å². The number of carbonyl (C=O) groups is 2. The highest BCUT2D eigenvalue weighted by atomic mass is 16.5. The SMILES string of the molecule is C=CC(=O)OCCCCCCOc1ccc(-c2ccc3c(c2)C(C)(C)c2cc(-c4ccc(OCCCCCCOC(=O)C=C)cc4)ccc2-3)cc1. The van der Waals surface area contributed by atoms with Crippen LogP contribution in [0.4, 0.5) is 0 Å². The molecule has 51 heavy (non-hydrogen) atoms. The van der Waals surface area contributed by atoms with Crippen LogP contribution in [0.3, 0.4) is 0 Å². The van der Waals surface area contributed by atoms with Crippen LogP contribution < -0.4 is 9.47 Å². The first-order valence-electron chi connectivity index (χ1n) is 18.1. The van der Waals surface area contributed by atoms with Crippen molar-refractivity contribution in [2.45, 2.75) is 70.6 Å². The number of ether oxygens (including phenoxy) is 4. The topological polar surface area (TPSA) is 71.1 Å². The molecule has 4 aromatic carbocycles. The van der Waals surface area contributed by atoms with E-state index in [-0.39, 0.29) is 17.4 Å². The highest BCUT2D eigenvalue weighted by molar-refractivity contribution is 5.86. The Hall–Kier alpha value is -5.10. The Morgan fingerprint density at radius 1 is 0.510 bits per heavy atom. The Balaban J connectivity index is 1.12. The van der Waals surface area contributed by atoms with Gasteiger partial charge >= 0.3 is 11.9 Å². The molecule has 0 aromatic heterocycles. The highest BCUT2D eigenvalue weighted by Gasteiger charge is 2.35. The summed E-state index contributed by atoms with van der Waals surface area (Å²) in [6.07, 6.45) is 10.1. The zero-order chi connectivity index (χ0) is 36.1. The van der Waals surface area contributed by atoms with Gasteiger partial charge in [-0.05, 0) is 132 Å². The summed E-state index contributed by atoms with van der Waals surface area (Å²) in [4.78, 5) is 22.2. The molecule has 0 radical (unpaired) electrons. The van der Waals surface area contributed by atoms with E-state index in [1.54, 1.807) is 0 Å². The second-order valence-corrected chi connectivity index (χ2v) is 13.5. The molecule has 266 valence electrons. The Morgan fingerprint density at radius 2 is 0.863 bits per heavy atom. The molecule has 0 aliphatic heterocycles. The van der Waals surface area contributed by atoms with E-state index in [1.165, 1.54) is 56.7 Å². The molecule has 0 saturated carbocycles. The summed E-state index contributed by atoms with van der Waals surface area (Å²) in [6, 6.07) is 30.4. The molecule has 0 atom stereocenters. The van der Waals surface area contributed by atoms with Crippen molar-refractivity contribution in [1.82, 2.24) is 0 Å². The number of esters is 2. The van der Waals surface area contributed by atoms with Gasteiger partial charge in [-0.15, -0.1) is 0 Å². The van der Waals surface area contributed by atoms with Gasteiger partial charge in [-0.3, -0.25) is 0 Å². The fraction of sp³-hybridized carbons (Fsp3) is 0.333. The molecule has 5 rings (SSSR count). The normalized spacial score (nSPS) is 12.4. The summed E-state index contributed by atoms with van der Waals surface area (Å²) in [6.45, 7) is 13.7. The number of hydrogen-bond acceptors (Lipinski definition) is 6. The van der Waals surface area contributed by atoms with E-state index in [4.69, 9.17) is 18.9 Å². The number of unbranched alkanes of at least 4 members (excludes halogenated alkanes) is 6. The Kier molecular flexibility index (Phi) is 13.3. The smallest absolute Gasteiger partial charge is 0.330 e. The standard InChI is InChI=1S/C45H50O6/c1-5-43(46)50-29-13-9-7-11-27-48-37-21-15-33(16-22-37)35-19-25-39-40-26-20-36(32-42(40)45(3,4)41(39)31-35)34-17-23-38(24-18-34)49-28-12-8-10-14-30-51-44(47)6-2/h5-6,15-26,31-32H,1-2,7-14,27-30H2,3-4H3. The molecule has 0 unspecified atom stereocenters. The second-order valence-electron chi connectivity index (χ2n) is 13.5.